The third-order valence-corrected chi connectivity index (χ3v) is 3.92. The van der Waals surface area contributed by atoms with Gasteiger partial charge in [0.1, 0.15) is 6.79 Å². The number of hydrogen-bond donors (Lipinski definition) is 1. The average Bonchev–Trinajstić information content (AvgIpc) is 2.62. The third kappa shape index (κ3) is 6.41. The van der Waals surface area contributed by atoms with Crippen LogP contribution >= 0.6 is 0 Å². The van der Waals surface area contributed by atoms with Crippen LogP contribution in [-0.2, 0) is 14.3 Å². The zero-order chi connectivity index (χ0) is 19.7. The van der Waals surface area contributed by atoms with E-state index in [0.717, 1.165) is 0 Å². The second-order valence-electron chi connectivity index (χ2n) is 5.83. The number of carbonyl (C=O) groups excluding carboxylic acids is 1. The Morgan fingerprint density at radius 3 is 2.38 bits per heavy atom. The number of nitrogens with zero attached hydrogens (tertiary/aromatic N) is 2. The van der Waals surface area contributed by atoms with E-state index in [-0.39, 0.29) is 37.0 Å². The van der Waals surface area contributed by atoms with E-state index in [4.69, 9.17) is 14.6 Å². The number of nitro benzene ring substituents is 1. The van der Waals surface area contributed by atoms with E-state index >= 15 is 0 Å². The predicted octanol–water partition coefficient (Wildman–Crippen LogP) is 2.16. The highest BCUT2D eigenvalue weighted by molar-refractivity contribution is 5.94. The molecule has 0 saturated carbocycles. The Hall–Kier alpha value is -2.52. The van der Waals surface area contributed by atoms with Crippen LogP contribution in [0, 0.1) is 16.0 Å². The van der Waals surface area contributed by atoms with Gasteiger partial charge in [-0.1, -0.05) is 6.92 Å². The normalized spacial score (nSPS) is 13.0. The van der Waals surface area contributed by atoms with Gasteiger partial charge in [-0.15, -0.1) is 0 Å². The molecule has 1 rings (SSSR count). The number of non-ortho nitro benzene ring substituents is 1. The summed E-state index contributed by atoms with van der Waals surface area (Å²) in [4.78, 5) is 35.3. The summed E-state index contributed by atoms with van der Waals surface area (Å²) in [5.41, 5.74) is 0.163. The lowest BCUT2D eigenvalue weighted by atomic mass is 10.0. The second-order valence-corrected chi connectivity index (χ2v) is 5.83. The van der Waals surface area contributed by atoms with Gasteiger partial charge < -0.3 is 19.5 Å². The highest BCUT2D eigenvalue weighted by atomic mass is 16.7. The second kappa shape index (κ2) is 10.5. The molecule has 0 unspecified atom stereocenters. The van der Waals surface area contributed by atoms with E-state index in [1.165, 1.54) is 29.2 Å². The number of hydrogen-bond acceptors (Lipinski definition) is 6. The first-order valence-electron chi connectivity index (χ1n) is 8.17. The van der Waals surface area contributed by atoms with Crippen molar-refractivity contribution >= 4 is 17.6 Å². The molecule has 0 saturated heterocycles. The van der Waals surface area contributed by atoms with Gasteiger partial charge in [0.25, 0.3) is 11.6 Å². The van der Waals surface area contributed by atoms with Crippen molar-refractivity contribution in [3.8, 4) is 0 Å². The van der Waals surface area contributed by atoms with E-state index in [1.54, 1.807) is 14.0 Å². The van der Waals surface area contributed by atoms with E-state index in [0.29, 0.717) is 6.61 Å². The van der Waals surface area contributed by atoms with Gasteiger partial charge in [-0.25, -0.2) is 0 Å². The van der Waals surface area contributed by atoms with Gasteiger partial charge in [-0.3, -0.25) is 19.7 Å². The lowest BCUT2D eigenvalue weighted by Crippen LogP contribution is -2.42. The number of aliphatic carboxylic acids is 1. The number of carboxylic acids is 1. The first kappa shape index (κ1) is 21.5. The molecule has 0 aliphatic carbocycles. The maximum absolute atomic E-state index is 12.6. The van der Waals surface area contributed by atoms with Crippen LogP contribution in [0.15, 0.2) is 24.3 Å². The molecule has 1 aromatic rings. The topological polar surface area (TPSA) is 119 Å². The minimum atomic E-state index is -0.962. The number of carbonyl (C=O) groups is 2. The smallest absolute Gasteiger partial charge is 0.306 e. The molecule has 0 heterocycles. The predicted molar refractivity (Wildman–Crippen MR) is 92.8 cm³/mol. The largest absolute Gasteiger partial charge is 0.481 e. The summed E-state index contributed by atoms with van der Waals surface area (Å²) >= 11 is 0. The molecule has 1 N–H and O–H groups in total. The Kier molecular flexibility index (Phi) is 8.66. The Balaban J connectivity index is 2.86. The maximum atomic E-state index is 12.6. The van der Waals surface area contributed by atoms with Crippen LogP contribution in [0.1, 0.15) is 30.6 Å². The fourth-order valence-electron chi connectivity index (χ4n) is 2.27. The molecule has 144 valence electrons. The van der Waals surface area contributed by atoms with Gasteiger partial charge >= 0.3 is 5.97 Å². The first-order valence-corrected chi connectivity index (χ1v) is 8.17. The number of benzene rings is 1. The van der Waals surface area contributed by atoms with Crippen molar-refractivity contribution in [1.29, 1.82) is 0 Å². The van der Waals surface area contributed by atoms with Gasteiger partial charge in [-0.05, 0) is 25.5 Å². The number of likely N-dealkylation sites (N-methyl/N-ethyl adjacent to an activating group) is 1. The zero-order valence-electron chi connectivity index (χ0n) is 15.1. The van der Waals surface area contributed by atoms with Crippen LogP contribution in [0.4, 0.5) is 5.69 Å². The molecule has 0 bridgehead atoms. The van der Waals surface area contributed by atoms with E-state index in [9.17, 15) is 19.7 Å². The molecule has 2 atom stereocenters. The Bertz CT molecular complexity index is 618. The number of nitro groups is 1. The number of ether oxygens (including phenoxy) is 2. The van der Waals surface area contributed by atoms with E-state index in [1.807, 2.05) is 6.92 Å². The van der Waals surface area contributed by atoms with Crippen LogP contribution in [0.3, 0.4) is 0 Å². The fourth-order valence-corrected chi connectivity index (χ4v) is 2.27. The number of rotatable bonds is 11. The number of amides is 1. The summed E-state index contributed by atoms with van der Waals surface area (Å²) in [6.07, 6.45) is 0.205. The van der Waals surface area contributed by atoms with Crippen LogP contribution in [0.25, 0.3) is 0 Å². The zero-order valence-corrected chi connectivity index (χ0v) is 15.1. The highest BCUT2D eigenvalue weighted by Crippen LogP contribution is 2.17. The molecule has 0 aliphatic rings. The minimum Gasteiger partial charge on any atom is -0.481 e. The molecule has 1 amide bonds. The molecule has 9 heteroatoms. The molecule has 0 aromatic heterocycles. The molecular formula is C17H24N2O7. The summed E-state index contributed by atoms with van der Waals surface area (Å²) in [5, 5.41) is 19.8. The van der Waals surface area contributed by atoms with Crippen molar-refractivity contribution in [2.24, 2.45) is 5.92 Å². The van der Waals surface area contributed by atoms with Crippen molar-refractivity contribution in [3.63, 3.8) is 0 Å². The monoisotopic (exact) mass is 368 g/mol. The van der Waals surface area contributed by atoms with Crippen molar-refractivity contribution in [3.05, 3.63) is 39.9 Å². The van der Waals surface area contributed by atoms with Gasteiger partial charge in [-0.2, -0.15) is 0 Å². The summed E-state index contributed by atoms with van der Waals surface area (Å²) in [6, 6.07) is 4.76. The standard InChI is InChI=1S/C17H24N2O7/c1-4-25-11-26-10-15(9-12(2)17(21)22)18(3)16(20)13-5-7-14(8-6-13)19(23)24/h5-8,12,15H,4,9-11H2,1-3H3,(H,21,22)/t12-,15-/m0/s1. The SMILES string of the molecule is CCOCOC[C@H](C[C@H](C)C(=O)O)N(C)C(=O)c1ccc([N+](=O)[O-])cc1. The summed E-state index contributed by atoms with van der Waals surface area (Å²) in [5.74, 6) is -2.00. The minimum absolute atomic E-state index is 0.0496. The quantitative estimate of drug-likeness (QED) is 0.275. The molecule has 0 spiro atoms. The summed E-state index contributed by atoms with van der Waals surface area (Å²) < 4.78 is 10.5. The van der Waals surface area contributed by atoms with Crippen LogP contribution in [0.2, 0.25) is 0 Å². The molecule has 1 aromatic carbocycles. The van der Waals surface area contributed by atoms with Crippen LogP contribution in [-0.4, -0.2) is 59.9 Å². The van der Waals surface area contributed by atoms with E-state index in [2.05, 4.69) is 0 Å². The molecule has 0 radical (unpaired) electrons. The fraction of sp³-hybridized carbons (Fsp3) is 0.529. The number of carboxylic acid groups (broad SMARTS) is 1. The maximum Gasteiger partial charge on any atom is 0.306 e. The molecule has 0 fully saturated rings. The third-order valence-electron chi connectivity index (χ3n) is 3.92. The molecule has 26 heavy (non-hydrogen) atoms. The lowest BCUT2D eigenvalue weighted by molar-refractivity contribution is -0.384. The molecule has 0 aliphatic heterocycles. The van der Waals surface area contributed by atoms with Crippen molar-refractivity contribution in [2.75, 3.05) is 27.1 Å². The van der Waals surface area contributed by atoms with Gasteiger partial charge in [0.2, 0.25) is 0 Å². The van der Waals surface area contributed by atoms with Crippen LogP contribution < -0.4 is 0 Å². The van der Waals surface area contributed by atoms with Gasteiger partial charge in [0.05, 0.1) is 23.5 Å². The summed E-state index contributed by atoms with van der Waals surface area (Å²) in [6.45, 7) is 4.02. The van der Waals surface area contributed by atoms with Gasteiger partial charge in [0.15, 0.2) is 0 Å². The first-order chi connectivity index (χ1) is 12.3. The highest BCUT2D eigenvalue weighted by Gasteiger charge is 2.26. The molecular weight excluding hydrogens is 344 g/mol. The van der Waals surface area contributed by atoms with Crippen molar-refractivity contribution < 1.29 is 29.1 Å². The summed E-state index contributed by atoms with van der Waals surface area (Å²) in [7, 11) is 1.55. The van der Waals surface area contributed by atoms with E-state index < -0.39 is 22.9 Å². The Labute approximate surface area is 151 Å². The lowest BCUT2D eigenvalue weighted by Gasteiger charge is -2.29. The van der Waals surface area contributed by atoms with Crippen LogP contribution in [0.5, 0.6) is 0 Å². The van der Waals surface area contributed by atoms with Crippen molar-refractivity contribution in [2.45, 2.75) is 26.3 Å². The average molecular weight is 368 g/mol. The Morgan fingerprint density at radius 2 is 1.88 bits per heavy atom. The van der Waals surface area contributed by atoms with Gasteiger partial charge in [0, 0.05) is 31.4 Å². The molecule has 9 nitrogen and oxygen atoms in total. The van der Waals surface area contributed by atoms with Crippen molar-refractivity contribution in [1.82, 2.24) is 4.90 Å². The Morgan fingerprint density at radius 1 is 1.27 bits per heavy atom.